The van der Waals surface area contributed by atoms with Gasteiger partial charge in [-0.3, -0.25) is 14.9 Å². The van der Waals surface area contributed by atoms with Crippen LogP contribution in [0.5, 0.6) is 0 Å². The molecule has 5 heteroatoms. The fourth-order valence-electron chi connectivity index (χ4n) is 4.19. The number of aromatic nitrogens is 3. The number of aromatic amines is 1. The third-order valence-corrected chi connectivity index (χ3v) is 5.64. The lowest BCUT2D eigenvalue weighted by molar-refractivity contribution is 0.0265. The standard InChI is InChI=1S/C19H24N4O/c1-13-3-2-4-14(7-13)17-11-23(12-17)19(24)16-8-15(9-20-10-16)18-5-6-21-22-18/h5-6,8-10,13-14,17H,2-4,7,11-12H2,1H3,(H,21,22). The Labute approximate surface area is 142 Å². The van der Waals surface area contributed by atoms with E-state index >= 15 is 0 Å². The maximum absolute atomic E-state index is 12.7. The number of carbonyl (C=O) groups excluding carboxylic acids is 1. The monoisotopic (exact) mass is 324 g/mol. The summed E-state index contributed by atoms with van der Waals surface area (Å²) in [6.07, 6.45) is 10.5. The van der Waals surface area contributed by atoms with Gasteiger partial charge in [0, 0.05) is 37.2 Å². The summed E-state index contributed by atoms with van der Waals surface area (Å²) in [5, 5.41) is 6.87. The second kappa shape index (κ2) is 6.38. The SMILES string of the molecule is CC1CCCC(C2CN(C(=O)c3cncc(-c4ccn[nH]4)c3)C2)C1. The average Bonchev–Trinajstić information content (AvgIpc) is 3.08. The third-order valence-electron chi connectivity index (χ3n) is 5.64. The van der Waals surface area contributed by atoms with E-state index in [0.717, 1.165) is 36.2 Å². The zero-order valence-corrected chi connectivity index (χ0v) is 14.1. The zero-order valence-electron chi connectivity index (χ0n) is 14.1. The van der Waals surface area contributed by atoms with E-state index in [2.05, 4.69) is 22.1 Å². The lowest BCUT2D eigenvalue weighted by atomic mass is 9.73. The average molecular weight is 324 g/mol. The molecule has 24 heavy (non-hydrogen) atoms. The molecule has 2 unspecified atom stereocenters. The highest BCUT2D eigenvalue weighted by Crippen LogP contribution is 2.38. The number of pyridine rings is 1. The van der Waals surface area contributed by atoms with Crippen molar-refractivity contribution in [3.63, 3.8) is 0 Å². The molecule has 2 fully saturated rings. The van der Waals surface area contributed by atoms with Crippen LogP contribution in [0.25, 0.3) is 11.3 Å². The van der Waals surface area contributed by atoms with Crippen LogP contribution in [0.4, 0.5) is 0 Å². The quantitative estimate of drug-likeness (QED) is 0.941. The smallest absolute Gasteiger partial charge is 0.255 e. The highest BCUT2D eigenvalue weighted by atomic mass is 16.2. The van der Waals surface area contributed by atoms with Gasteiger partial charge in [0.2, 0.25) is 0 Å². The molecule has 4 rings (SSSR count). The molecule has 1 saturated carbocycles. The van der Waals surface area contributed by atoms with Crippen LogP contribution < -0.4 is 0 Å². The van der Waals surface area contributed by atoms with Gasteiger partial charge in [0.15, 0.2) is 0 Å². The molecule has 0 radical (unpaired) electrons. The van der Waals surface area contributed by atoms with Crippen LogP contribution in [-0.2, 0) is 0 Å². The Balaban J connectivity index is 1.40. The first-order valence-corrected chi connectivity index (χ1v) is 8.95. The number of carbonyl (C=O) groups is 1. The molecule has 2 atom stereocenters. The minimum absolute atomic E-state index is 0.101. The Morgan fingerprint density at radius 2 is 2.12 bits per heavy atom. The summed E-state index contributed by atoms with van der Waals surface area (Å²) in [6.45, 7) is 4.18. The van der Waals surface area contributed by atoms with E-state index < -0.39 is 0 Å². The fourth-order valence-corrected chi connectivity index (χ4v) is 4.19. The summed E-state index contributed by atoms with van der Waals surface area (Å²) < 4.78 is 0. The van der Waals surface area contributed by atoms with Crippen molar-refractivity contribution < 1.29 is 4.79 Å². The van der Waals surface area contributed by atoms with Crippen molar-refractivity contribution in [2.24, 2.45) is 17.8 Å². The third kappa shape index (κ3) is 2.95. The number of nitrogens with one attached hydrogen (secondary N) is 1. The number of hydrogen-bond acceptors (Lipinski definition) is 3. The molecule has 0 bridgehead atoms. The Bertz CT molecular complexity index is 706. The lowest BCUT2D eigenvalue weighted by Gasteiger charge is -2.45. The van der Waals surface area contributed by atoms with Crippen LogP contribution in [0.2, 0.25) is 0 Å². The molecule has 2 aliphatic rings. The van der Waals surface area contributed by atoms with Crippen molar-refractivity contribution in [3.8, 4) is 11.3 Å². The molecule has 3 heterocycles. The molecule has 1 N–H and O–H groups in total. The van der Waals surface area contributed by atoms with Gasteiger partial charge in [0.1, 0.15) is 0 Å². The van der Waals surface area contributed by atoms with Crippen LogP contribution in [0.1, 0.15) is 43.0 Å². The topological polar surface area (TPSA) is 61.9 Å². The molecule has 1 amide bonds. The normalized spacial score (nSPS) is 24.6. The Kier molecular flexibility index (Phi) is 4.08. The van der Waals surface area contributed by atoms with E-state index in [1.54, 1.807) is 18.6 Å². The molecule has 1 aliphatic carbocycles. The van der Waals surface area contributed by atoms with Crippen LogP contribution >= 0.6 is 0 Å². The Hall–Kier alpha value is -2.17. The van der Waals surface area contributed by atoms with Gasteiger partial charge >= 0.3 is 0 Å². The molecule has 0 aromatic carbocycles. The van der Waals surface area contributed by atoms with Gasteiger partial charge < -0.3 is 4.90 Å². The Morgan fingerprint density at radius 3 is 2.88 bits per heavy atom. The van der Waals surface area contributed by atoms with E-state index in [-0.39, 0.29) is 5.91 Å². The maximum atomic E-state index is 12.7. The number of amides is 1. The van der Waals surface area contributed by atoms with E-state index in [0.29, 0.717) is 11.5 Å². The maximum Gasteiger partial charge on any atom is 0.255 e. The van der Waals surface area contributed by atoms with E-state index in [9.17, 15) is 4.79 Å². The Morgan fingerprint density at radius 1 is 1.25 bits per heavy atom. The largest absolute Gasteiger partial charge is 0.338 e. The second-order valence-corrected chi connectivity index (χ2v) is 7.43. The summed E-state index contributed by atoms with van der Waals surface area (Å²) in [5.74, 6) is 2.46. The van der Waals surface area contributed by atoms with Crippen molar-refractivity contribution >= 4 is 5.91 Å². The predicted molar refractivity (Wildman–Crippen MR) is 92.3 cm³/mol. The number of H-pyrrole nitrogens is 1. The van der Waals surface area contributed by atoms with Gasteiger partial charge in [-0.05, 0) is 36.3 Å². The van der Waals surface area contributed by atoms with E-state index in [1.165, 1.54) is 25.7 Å². The van der Waals surface area contributed by atoms with E-state index in [1.807, 2.05) is 17.0 Å². The minimum atomic E-state index is 0.101. The van der Waals surface area contributed by atoms with Gasteiger partial charge in [-0.15, -0.1) is 0 Å². The van der Waals surface area contributed by atoms with Crippen molar-refractivity contribution in [2.45, 2.75) is 32.6 Å². The second-order valence-electron chi connectivity index (χ2n) is 7.43. The van der Waals surface area contributed by atoms with Crippen molar-refractivity contribution in [2.75, 3.05) is 13.1 Å². The van der Waals surface area contributed by atoms with Crippen molar-refractivity contribution in [1.82, 2.24) is 20.1 Å². The van der Waals surface area contributed by atoms with Crippen LogP contribution in [0, 0.1) is 17.8 Å². The summed E-state index contributed by atoms with van der Waals surface area (Å²) >= 11 is 0. The van der Waals surface area contributed by atoms with E-state index in [4.69, 9.17) is 0 Å². The molecular formula is C19H24N4O. The molecule has 5 nitrogen and oxygen atoms in total. The first-order valence-electron chi connectivity index (χ1n) is 8.95. The summed E-state index contributed by atoms with van der Waals surface area (Å²) in [4.78, 5) is 18.9. The van der Waals surface area contributed by atoms with Gasteiger partial charge in [0.25, 0.3) is 5.91 Å². The van der Waals surface area contributed by atoms with Crippen molar-refractivity contribution in [3.05, 3.63) is 36.3 Å². The first kappa shape index (κ1) is 15.4. The highest BCUT2D eigenvalue weighted by Gasteiger charge is 2.37. The minimum Gasteiger partial charge on any atom is -0.338 e. The van der Waals surface area contributed by atoms with Crippen molar-refractivity contribution in [1.29, 1.82) is 0 Å². The molecule has 2 aromatic heterocycles. The summed E-state index contributed by atoms with van der Waals surface area (Å²) in [6, 6.07) is 3.79. The van der Waals surface area contributed by atoms with Gasteiger partial charge in [-0.25, -0.2) is 0 Å². The molecule has 1 aliphatic heterocycles. The molecule has 0 spiro atoms. The molecule has 126 valence electrons. The predicted octanol–water partition coefficient (Wildman–Crippen LogP) is 3.37. The highest BCUT2D eigenvalue weighted by molar-refractivity contribution is 5.95. The van der Waals surface area contributed by atoms with Crippen LogP contribution in [0.3, 0.4) is 0 Å². The van der Waals surface area contributed by atoms with Crippen LogP contribution in [0.15, 0.2) is 30.7 Å². The summed E-state index contributed by atoms with van der Waals surface area (Å²) in [5.41, 5.74) is 2.45. The van der Waals surface area contributed by atoms with Crippen LogP contribution in [-0.4, -0.2) is 39.1 Å². The first-order chi connectivity index (χ1) is 11.7. The zero-order chi connectivity index (χ0) is 16.5. The molecule has 2 aromatic rings. The number of hydrogen-bond donors (Lipinski definition) is 1. The van der Waals surface area contributed by atoms with Gasteiger partial charge in [0.05, 0.1) is 11.3 Å². The lowest BCUT2D eigenvalue weighted by Crippen LogP contribution is -2.53. The summed E-state index contributed by atoms with van der Waals surface area (Å²) in [7, 11) is 0. The number of likely N-dealkylation sites (tertiary alicyclic amines) is 1. The van der Waals surface area contributed by atoms with Gasteiger partial charge in [-0.2, -0.15) is 5.10 Å². The molecule has 1 saturated heterocycles. The fraction of sp³-hybridized carbons (Fsp3) is 0.526. The number of nitrogens with zero attached hydrogens (tertiary/aromatic N) is 3. The number of rotatable bonds is 3. The molecular weight excluding hydrogens is 300 g/mol. The van der Waals surface area contributed by atoms with Gasteiger partial charge in [-0.1, -0.05) is 26.2 Å².